The second kappa shape index (κ2) is 6.66. The van der Waals surface area contributed by atoms with Gasteiger partial charge in [0.25, 0.3) is 5.69 Å². The molecular weight excluding hydrogens is 289 g/mol. The van der Waals surface area contributed by atoms with Crippen molar-refractivity contribution < 1.29 is 23.2 Å². The summed E-state index contributed by atoms with van der Waals surface area (Å²) in [6.45, 7) is 0.954. The summed E-state index contributed by atoms with van der Waals surface area (Å²) in [5.74, 6) is 0. The van der Waals surface area contributed by atoms with E-state index in [2.05, 4.69) is 4.99 Å². The third-order valence-corrected chi connectivity index (χ3v) is 3.13. The Morgan fingerprint density at radius 2 is 2.00 bits per heavy atom. The molecule has 1 atom stereocenters. The lowest BCUT2D eigenvalue weighted by molar-refractivity contribution is -0.385. The Hall–Kier alpha value is -1.96. The summed E-state index contributed by atoms with van der Waals surface area (Å²) in [6.07, 6.45) is -4.65. The highest BCUT2D eigenvalue weighted by Crippen LogP contribution is 2.35. The molecule has 8 heteroatoms. The fourth-order valence-corrected chi connectivity index (χ4v) is 1.69. The first kappa shape index (κ1) is 17.1. The maximum Gasteiger partial charge on any atom is 0.417 e. The average Bonchev–Trinajstić information content (AvgIpc) is 2.42. The number of rotatable bonds is 6. The maximum atomic E-state index is 12.6. The highest BCUT2D eigenvalue weighted by molar-refractivity contribution is 5.85. The van der Waals surface area contributed by atoms with E-state index in [4.69, 9.17) is 0 Å². The maximum absolute atomic E-state index is 12.6. The number of nitrogens with zero attached hydrogens (tertiary/aromatic N) is 2. The first-order valence-electron chi connectivity index (χ1n) is 6.23. The van der Waals surface area contributed by atoms with E-state index >= 15 is 0 Å². The van der Waals surface area contributed by atoms with Gasteiger partial charge in [-0.15, -0.1) is 0 Å². The van der Waals surface area contributed by atoms with Gasteiger partial charge >= 0.3 is 6.18 Å². The number of hydrogen-bond donors (Lipinski definition) is 1. The van der Waals surface area contributed by atoms with Gasteiger partial charge in [-0.2, -0.15) is 13.2 Å². The van der Waals surface area contributed by atoms with Crippen LogP contribution in [0.2, 0.25) is 0 Å². The topological polar surface area (TPSA) is 75.7 Å². The number of nitro benzene ring substituents is 1. The molecule has 1 aromatic rings. The lowest BCUT2D eigenvalue weighted by Crippen LogP contribution is -2.45. The Bertz CT molecular complexity index is 532. The highest BCUT2D eigenvalue weighted by atomic mass is 19.4. The summed E-state index contributed by atoms with van der Waals surface area (Å²) in [5.41, 5.74) is -2.76. The molecule has 0 heterocycles. The van der Waals surface area contributed by atoms with Crippen LogP contribution in [0, 0.1) is 10.1 Å². The number of para-hydroxylation sites is 1. The number of benzene rings is 1. The summed E-state index contributed by atoms with van der Waals surface area (Å²) in [4.78, 5) is 13.9. The van der Waals surface area contributed by atoms with E-state index in [0.717, 1.165) is 6.21 Å². The van der Waals surface area contributed by atoms with Crippen LogP contribution in [0.4, 0.5) is 18.9 Å². The smallest absolute Gasteiger partial charge is 0.380 e. The quantitative estimate of drug-likeness (QED) is 0.498. The first-order valence-corrected chi connectivity index (χ1v) is 6.23. The van der Waals surface area contributed by atoms with E-state index in [1.807, 2.05) is 0 Å². The molecule has 0 aromatic heterocycles. The Morgan fingerprint density at radius 1 is 1.38 bits per heavy atom. The molecule has 21 heavy (non-hydrogen) atoms. The molecule has 5 nitrogen and oxygen atoms in total. The number of aliphatic imine (C=N–C) groups is 1. The normalized spacial score (nSPS) is 15.1. The molecule has 0 aliphatic rings. The summed E-state index contributed by atoms with van der Waals surface area (Å²) in [5, 5.41) is 20.2. The molecular formula is C13H15F3N2O3. The van der Waals surface area contributed by atoms with E-state index in [9.17, 15) is 28.4 Å². The third-order valence-electron chi connectivity index (χ3n) is 3.13. The van der Waals surface area contributed by atoms with E-state index in [-0.39, 0.29) is 17.8 Å². The van der Waals surface area contributed by atoms with Crippen LogP contribution in [0.5, 0.6) is 0 Å². The zero-order chi connectivity index (χ0) is 16.1. The van der Waals surface area contributed by atoms with Gasteiger partial charge in [-0.3, -0.25) is 15.1 Å². The summed E-state index contributed by atoms with van der Waals surface area (Å²) in [7, 11) is 0. The van der Waals surface area contributed by atoms with Gasteiger partial charge < -0.3 is 5.11 Å². The molecule has 1 unspecified atom stereocenters. The van der Waals surface area contributed by atoms with Crippen molar-refractivity contribution in [2.75, 3.05) is 6.54 Å². The van der Waals surface area contributed by atoms with E-state index < -0.39 is 29.5 Å². The van der Waals surface area contributed by atoms with Gasteiger partial charge in [0.05, 0.1) is 10.5 Å². The van der Waals surface area contributed by atoms with Crippen LogP contribution in [-0.2, 0) is 0 Å². The van der Waals surface area contributed by atoms with Crippen molar-refractivity contribution in [1.29, 1.82) is 0 Å². The predicted octanol–water partition coefficient (Wildman–Crippen LogP) is 3.11. The Labute approximate surface area is 119 Å². The molecule has 0 radical (unpaired) electrons. The summed E-state index contributed by atoms with van der Waals surface area (Å²) >= 11 is 0. The first-order chi connectivity index (χ1) is 9.71. The van der Waals surface area contributed by atoms with Crippen molar-refractivity contribution in [2.45, 2.75) is 31.5 Å². The van der Waals surface area contributed by atoms with Crippen molar-refractivity contribution in [1.82, 2.24) is 0 Å². The van der Waals surface area contributed by atoms with E-state index in [1.54, 1.807) is 6.07 Å². The lowest BCUT2D eigenvalue weighted by atomic mass is 9.96. The molecule has 0 saturated heterocycles. The SMILES string of the molecule is CCC(O)(CCN=Cc1ccccc1[N+](=O)[O-])C(F)(F)F. The van der Waals surface area contributed by atoms with Crippen molar-refractivity contribution >= 4 is 11.9 Å². The van der Waals surface area contributed by atoms with Crippen LogP contribution < -0.4 is 0 Å². The van der Waals surface area contributed by atoms with Crippen LogP contribution in [0.1, 0.15) is 25.3 Å². The average molecular weight is 304 g/mol. The largest absolute Gasteiger partial charge is 0.417 e. The van der Waals surface area contributed by atoms with Gasteiger partial charge in [-0.05, 0) is 12.5 Å². The number of halogens is 3. The summed E-state index contributed by atoms with van der Waals surface area (Å²) < 4.78 is 37.9. The van der Waals surface area contributed by atoms with Crippen LogP contribution in [0.3, 0.4) is 0 Å². The lowest BCUT2D eigenvalue weighted by Gasteiger charge is -2.28. The number of aliphatic hydroxyl groups is 1. The standard InChI is InChI=1S/C13H15F3N2O3/c1-2-12(19,13(14,15)16)7-8-17-9-10-5-3-4-6-11(10)18(20)21/h3-6,9,19H,2,7-8H2,1H3. The van der Waals surface area contributed by atoms with E-state index in [0.29, 0.717) is 0 Å². The Morgan fingerprint density at radius 3 is 2.52 bits per heavy atom. The Kier molecular flexibility index (Phi) is 5.42. The van der Waals surface area contributed by atoms with Crippen LogP contribution in [-0.4, -0.2) is 34.6 Å². The zero-order valence-electron chi connectivity index (χ0n) is 11.3. The molecule has 0 aliphatic carbocycles. The zero-order valence-corrected chi connectivity index (χ0v) is 11.3. The fourth-order valence-electron chi connectivity index (χ4n) is 1.69. The molecule has 0 amide bonds. The van der Waals surface area contributed by atoms with Crippen LogP contribution in [0.15, 0.2) is 29.3 Å². The van der Waals surface area contributed by atoms with Crippen molar-refractivity contribution in [3.05, 3.63) is 39.9 Å². The second-order valence-electron chi connectivity index (χ2n) is 4.48. The van der Waals surface area contributed by atoms with Crippen molar-refractivity contribution in [3.8, 4) is 0 Å². The Balaban J connectivity index is 2.74. The van der Waals surface area contributed by atoms with Gasteiger partial charge in [0, 0.05) is 25.2 Å². The number of alkyl halides is 3. The second-order valence-corrected chi connectivity index (χ2v) is 4.48. The number of nitro groups is 1. The van der Waals surface area contributed by atoms with Crippen molar-refractivity contribution in [3.63, 3.8) is 0 Å². The van der Waals surface area contributed by atoms with Crippen molar-refractivity contribution in [2.24, 2.45) is 4.99 Å². The summed E-state index contributed by atoms with van der Waals surface area (Å²) in [6, 6.07) is 5.76. The number of hydrogen-bond acceptors (Lipinski definition) is 4. The van der Waals surface area contributed by atoms with Crippen LogP contribution in [0.25, 0.3) is 0 Å². The minimum atomic E-state index is -4.73. The molecule has 1 N–H and O–H groups in total. The molecule has 0 fully saturated rings. The van der Waals surface area contributed by atoms with Gasteiger partial charge in [0.1, 0.15) is 0 Å². The van der Waals surface area contributed by atoms with Gasteiger partial charge in [-0.25, -0.2) is 0 Å². The molecule has 1 aromatic carbocycles. The third kappa shape index (κ3) is 4.25. The van der Waals surface area contributed by atoms with Gasteiger partial charge in [0.15, 0.2) is 5.60 Å². The highest BCUT2D eigenvalue weighted by Gasteiger charge is 2.51. The van der Waals surface area contributed by atoms with Gasteiger partial charge in [-0.1, -0.05) is 19.1 Å². The fraction of sp³-hybridized carbons (Fsp3) is 0.462. The monoisotopic (exact) mass is 304 g/mol. The minimum Gasteiger partial charge on any atom is -0.380 e. The minimum absolute atomic E-state index is 0.178. The molecule has 0 aliphatic heterocycles. The molecule has 0 bridgehead atoms. The van der Waals surface area contributed by atoms with E-state index in [1.165, 1.54) is 25.1 Å². The molecule has 116 valence electrons. The predicted molar refractivity (Wildman–Crippen MR) is 71.5 cm³/mol. The molecule has 1 rings (SSSR count). The van der Waals surface area contributed by atoms with Gasteiger partial charge in [0.2, 0.25) is 0 Å². The molecule has 0 spiro atoms. The molecule has 0 saturated carbocycles. The van der Waals surface area contributed by atoms with Crippen LogP contribution >= 0.6 is 0 Å².